The lowest BCUT2D eigenvalue weighted by Crippen LogP contribution is -2.45. The summed E-state index contributed by atoms with van der Waals surface area (Å²) >= 11 is 4.22. The van der Waals surface area contributed by atoms with Crippen LogP contribution in [-0.2, 0) is 4.74 Å². The quantitative estimate of drug-likeness (QED) is 0.260. The Kier molecular flexibility index (Phi) is 7.76. The Bertz CT molecular complexity index is 393. The molecular formula is C16H30N3O2S+. The smallest absolute Gasteiger partial charge is 0.392 e. The van der Waals surface area contributed by atoms with E-state index in [1.165, 1.54) is 32.1 Å². The van der Waals surface area contributed by atoms with Gasteiger partial charge in [0, 0.05) is 19.0 Å². The first-order chi connectivity index (χ1) is 10.7. The fourth-order valence-electron chi connectivity index (χ4n) is 3.13. The Labute approximate surface area is 139 Å². The number of aliphatic hydroxyl groups excluding tert-OH is 1. The van der Waals surface area contributed by atoms with Crippen molar-refractivity contribution in [1.29, 1.82) is 0 Å². The Hall–Kier alpha value is -0.520. The van der Waals surface area contributed by atoms with Gasteiger partial charge in [-0.15, -0.1) is 0 Å². The lowest BCUT2D eigenvalue weighted by atomic mass is 9.94. The third kappa shape index (κ3) is 5.94. The first-order valence-corrected chi connectivity index (χ1v) is 9.00. The summed E-state index contributed by atoms with van der Waals surface area (Å²) in [6, 6.07) is 0.634. The molecule has 3 N–H and O–H groups in total. The molecular weight excluding hydrogens is 298 g/mol. The number of nitrogens with one attached hydrogen (secondary N) is 2. The molecule has 0 aromatic heterocycles. The van der Waals surface area contributed by atoms with Gasteiger partial charge in [-0.05, 0) is 32.4 Å². The summed E-state index contributed by atoms with van der Waals surface area (Å²) in [6.45, 7) is 4.14. The van der Waals surface area contributed by atoms with Gasteiger partial charge < -0.3 is 15.2 Å². The molecule has 0 amide bonds. The maximum Gasteiger partial charge on any atom is 0.400 e. The third-order valence-corrected chi connectivity index (χ3v) is 4.76. The first kappa shape index (κ1) is 17.8. The fraction of sp³-hybridized carbons (Fsp3) is 0.875. The lowest BCUT2D eigenvalue weighted by Gasteiger charge is -2.32. The van der Waals surface area contributed by atoms with Crippen LogP contribution in [0.4, 0.5) is 0 Å². The number of thiol groups is 1. The van der Waals surface area contributed by atoms with Gasteiger partial charge in [-0.3, -0.25) is 5.32 Å². The summed E-state index contributed by atoms with van der Waals surface area (Å²) in [5, 5.41) is 17.5. The van der Waals surface area contributed by atoms with E-state index in [1.54, 1.807) is 6.21 Å². The van der Waals surface area contributed by atoms with Gasteiger partial charge in [-0.1, -0.05) is 19.3 Å². The molecule has 2 fully saturated rings. The molecule has 1 saturated heterocycles. The molecule has 0 bridgehead atoms. The van der Waals surface area contributed by atoms with Crippen LogP contribution in [0.25, 0.3) is 0 Å². The highest BCUT2D eigenvalue weighted by molar-refractivity contribution is 7.96. The highest BCUT2D eigenvalue weighted by Gasteiger charge is 2.30. The van der Waals surface area contributed by atoms with Crippen molar-refractivity contribution >= 4 is 24.0 Å². The maximum atomic E-state index is 10.3. The third-order valence-electron chi connectivity index (χ3n) is 4.49. The normalized spacial score (nSPS) is 29.7. The van der Waals surface area contributed by atoms with Crippen LogP contribution in [-0.4, -0.2) is 54.4 Å². The number of hydrogen-bond donors (Lipinski definition) is 4. The number of rotatable bonds is 5. The Morgan fingerprint density at radius 1 is 1.36 bits per heavy atom. The van der Waals surface area contributed by atoms with Crippen molar-refractivity contribution in [3.63, 3.8) is 0 Å². The summed E-state index contributed by atoms with van der Waals surface area (Å²) in [5.41, 5.74) is 0. The zero-order valence-corrected chi connectivity index (χ0v) is 14.4. The van der Waals surface area contributed by atoms with E-state index >= 15 is 0 Å². The van der Waals surface area contributed by atoms with E-state index in [1.807, 2.05) is 6.92 Å². The molecule has 1 aliphatic carbocycles. The second-order valence-electron chi connectivity index (χ2n) is 6.30. The molecule has 3 unspecified atom stereocenters. The molecule has 6 heteroatoms. The van der Waals surface area contributed by atoms with E-state index in [9.17, 15) is 5.11 Å². The minimum absolute atomic E-state index is 0.0493. The molecule has 1 saturated carbocycles. The Morgan fingerprint density at radius 3 is 2.82 bits per heavy atom. The summed E-state index contributed by atoms with van der Waals surface area (Å²) in [5.74, 6) is -0.0493. The molecule has 22 heavy (non-hydrogen) atoms. The predicted octanol–water partition coefficient (Wildman–Crippen LogP) is 0.708. The summed E-state index contributed by atoms with van der Waals surface area (Å²) in [6.07, 6.45) is 8.71. The number of hydrogen-bond acceptors (Lipinski definition) is 3. The second kappa shape index (κ2) is 9.58. The minimum atomic E-state index is -0.390. The van der Waals surface area contributed by atoms with Gasteiger partial charge in [0.25, 0.3) is 0 Å². The van der Waals surface area contributed by atoms with E-state index in [0.717, 1.165) is 13.1 Å². The van der Waals surface area contributed by atoms with Crippen molar-refractivity contribution in [3.8, 4) is 0 Å². The minimum Gasteiger partial charge on any atom is -0.392 e. The van der Waals surface area contributed by atoms with E-state index in [2.05, 4.69) is 27.9 Å². The van der Waals surface area contributed by atoms with Crippen molar-refractivity contribution < 1.29 is 9.84 Å². The molecule has 0 spiro atoms. The van der Waals surface area contributed by atoms with Gasteiger partial charge in [-0.2, -0.15) is 0 Å². The Morgan fingerprint density at radius 2 is 2.14 bits per heavy atom. The van der Waals surface area contributed by atoms with Crippen molar-refractivity contribution in [3.05, 3.63) is 0 Å². The van der Waals surface area contributed by atoms with Gasteiger partial charge in [0.05, 0.1) is 31.3 Å². The number of ether oxygens (including phenoxy) is 1. The lowest BCUT2D eigenvalue weighted by molar-refractivity contribution is -0.0615. The maximum absolute atomic E-state index is 10.3. The van der Waals surface area contributed by atoms with E-state index < -0.39 is 6.10 Å². The SMILES string of the molecule is CCNC(S)=[N+]=CC1COC(CNC2CCCCC2)CC1O. The van der Waals surface area contributed by atoms with Crippen LogP contribution in [0.1, 0.15) is 45.4 Å². The molecule has 126 valence electrons. The van der Waals surface area contributed by atoms with Gasteiger partial charge in [0.1, 0.15) is 0 Å². The standard InChI is InChI=1S/C16H29N3O2S/c1-2-17-16(22)19-9-12-11-21-14(8-15(12)20)10-18-13-6-4-3-5-7-13/h9,12-15,18,20H,2-8,10-11H2,1H3,(H,17,22)/p+1. The molecule has 1 heterocycles. The van der Waals surface area contributed by atoms with Crippen LogP contribution in [0.3, 0.4) is 0 Å². The van der Waals surface area contributed by atoms with Crippen molar-refractivity contribution in [1.82, 2.24) is 15.3 Å². The zero-order valence-electron chi connectivity index (χ0n) is 13.5. The van der Waals surface area contributed by atoms with Gasteiger partial charge in [0.15, 0.2) is 6.21 Å². The summed E-state index contributed by atoms with van der Waals surface area (Å²) < 4.78 is 10.1. The van der Waals surface area contributed by atoms with E-state index in [-0.39, 0.29) is 12.0 Å². The average Bonchev–Trinajstić information content (AvgIpc) is 2.53. The second-order valence-corrected chi connectivity index (χ2v) is 6.72. The number of amidine groups is 1. The number of aliphatic hydroxyl groups is 1. The summed E-state index contributed by atoms with van der Waals surface area (Å²) in [4.78, 5) is 0. The van der Waals surface area contributed by atoms with Crippen LogP contribution >= 0.6 is 12.6 Å². The molecule has 0 radical (unpaired) electrons. The predicted molar refractivity (Wildman–Crippen MR) is 94.6 cm³/mol. The molecule has 0 aromatic rings. The van der Waals surface area contributed by atoms with E-state index in [0.29, 0.717) is 24.2 Å². The van der Waals surface area contributed by atoms with Gasteiger partial charge >= 0.3 is 5.17 Å². The van der Waals surface area contributed by atoms with Crippen LogP contribution in [0.2, 0.25) is 0 Å². The van der Waals surface area contributed by atoms with Crippen LogP contribution in [0.15, 0.2) is 0 Å². The summed E-state index contributed by atoms with van der Waals surface area (Å²) in [7, 11) is 0. The molecule has 2 rings (SSSR count). The van der Waals surface area contributed by atoms with Crippen LogP contribution in [0, 0.1) is 5.92 Å². The first-order valence-electron chi connectivity index (χ1n) is 8.56. The number of nitrogens with zero attached hydrogens (tertiary/aromatic N) is 1. The average molecular weight is 329 g/mol. The highest BCUT2D eigenvalue weighted by Crippen LogP contribution is 2.20. The zero-order chi connectivity index (χ0) is 15.8. The monoisotopic (exact) mass is 328 g/mol. The molecule has 2 aliphatic rings. The van der Waals surface area contributed by atoms with Crippen LogP contribution in [0.5, 0.6) is 0 Å². The molecule has 5 nitrogen and oxygen atoms in total. The molecule has 3 atom stereocenters. The Balaban J connectivity index is 1.73. The largest absolute Gasteiger partial charge is 0.400 e. The van der Waals surface area contributed by atoms with Crippen molar-refractivity contribution in [2.45, 2.75) is 63.7 Å². The molecule has 0 aromatic carbocycles. The van der Waals surface area contributed by atoms with Crippen LogP contribution < -0.4 is 15.3 Å². The van der Waals surface area contributed by atoms with Crippen molar-refractivity contribution in [2.75, 3.05) is 19.7 Å². The van der Waals surface area contributed by atoms with E-state index in [4.69, 9.17) is 4.74 Å². The van der Waals surface area contributed by atoms with Crippen molar-refractivity contribution in [2.24, 2.45) is 5.92 Å². The molecule has 1 aliphatic heterocycles. The highest BCUT2D eigenvalue weighted by atomic mass is 32.1. The van der Waals surface area contributed by atoms with Gasteiger partial charge in [0.2, 0.25) is 0 Å². The van der Waals surface area contributed by atoms with Gasteiger partial charge in [-0.25, -0.2) is 4.67 Å². The topological polar surface area (TPSA) is 67.6 Å². The fourth-order valence-corrected chi connectivity index (χ4v) is 3.35.